The first-order valence-electron chi connectivity index (χ1n) is 9.48. The molecule has 1 aromatic carbocycles. The first-order valence-corrected chi connectivity index (χ1v) is 9.48. The van der Waals surface area contributed by atoms with Gasteiger partial charge in [-0.3, -0.25) is 14.8 Å². The van der Waals surface area contributed by atoms with E-state index in [0.717, 1.165) is 23.6 Å². The van der Waals surface area contributed by atoms with Crippen LogP contribution in [0.1, 0.15) is 21.6 Å². The number of carbonyl (C=O) groups excluding carboxylic acids is 1. The summed E-state index contributed by atoms with van der Waals surface area (Å²) in [6.45, 7) is 1.30. The molecule has 0 saturated heterocycles. The second kappa shape index (κ2) is 8.93. The van der Waals surface area contributed by atoms with Crippen LogP contribution in [0.4, 0.5) is 0 Å². The van der Waals surface area contributed by atoms with Gasteiger partial charge in [0.1, 0.15) is 0 Å². The first kappa shape index (κ1) is 18.6. The molecule has 0 atom stereocenters. The number of aromatic nitrogens is 4. The molecular weight excluding hydrogens is 362 g/mol. The first-order chi connectivity index (χ1) is 14.3. The minimum Gasteiger partial charge on any atom is -0.352 e. The van der Waals surface area contributed by atoms with Crippen molar-refractivity contribution in [3.8, 4) is 11.4 Å². The molecule has 0 aliphatic heterocycles. The van der Waals surface area contributed by atoms with Gasteiger partial charge in [-0.05, 0) is 29.8 Å². The van der Waals surface area contributed by atoms with Crippen molar-refractivity contribution in [1.82, 2.24) is 24.8 Å². The topological polar surface area (TPSA) is 72.7 Å². The summed E-state index contributed by atoms with van der Waals surface area (Å²) < 4.78 is 2.10. The molecule has 4 rings (SSSR count). The normalized spacial score (nSPS) is 10.6. The van der Waals surface area contributed by atoms with E-state index in [1.165, 1.54) is 5.56 Å². The highest BCUT2D eigenvalue weighted by Gasteiger charge is 2.08. The summed E-state index contributed by atoms with van der Waals surface area (Å²) in [5, 5.41) is 2.95. The van der Waals surface area contributed by atoms with Gasteiger partial charge in [0.05, 0.1) is 23.3 Å². The summed E-state index contributed by atoms with van der Waals surface area (Å²) in [5.41, 5.74) is 4.35. The molecule has 3 heterocycles. The molecular formula is C23H21N5O. The number of hydrogen-bond acceptors (Lipinski definition) is 4. The van der Waals surface area contributed by atoms with E-state index in [2.05, 4.69) is 37.0 Å². The second-order valence-electron chi connectivity index (χ2n) is 6.65. The van der Waals surface area contributed by atoms with Crippen LogP contribution < -0.4 is 5.32 Å². The van der Waals surface area contributed by atoms with Crippen molar-refractivity contribution in [3.05, 3.63) is 102 Å². The van der Waals surface area contributed by atoms with E-state index in [0.29, 0.717) is 18.5 Å². The highest BCUT2D eigenvalue weighted by Crippen LogP contribution is 2.13. The summed E-state index contributed by atoms with van der Waals surface area (Å²) in [5.74, 6) is -0.140. The average molecular weight is 383 g/mol. The fraction of sp³-hybridized carbons (Fsp3) is 0.130. The molecule has 0 bridgehead atoms. The van der Waals surface area contributed by atoms with Crippen LogP contribution in [0, 0.1) is 0 Å². The van der Waals surface area contributed by atoms with Crippen LogP contribution in [-0.4, -0.2) is 32.0 Å². The van der Waals surface area contributed by atoms with Gasteiger partial charge >= 0.3 is 0 Å². The van der Waals surface area contributed by atoms with Crippen molar-refractivity contribution in [2.75, 3.05) is 6.54 Å². The monoisotopic (exact) mass is 383 g/mol. The molecule has 6 nitrogen and oxygen atoms in total. The zero-order chi connectivity index (χ0) is 19.9. The number of amides is 1. The Labute approximate surface area is 169 Å². The number of benzene rings is 1. The maximum absolute atomic E-state index is 12.4. The van der Waals surface area contributed by atoms with Gasteiger partial charge in [-0.15, -0.1) is 0 Å². The Hall–Kier alpha value is -3.80. The Balaban J connectivity index is 1.32. The van der Waals surface area contributed by atoms with Crippen molar-refractivity contribution >= 4 is 5.91 Å². The Morgan fingerprint density at radius 3 is 2.48 bits per heavy atom. The number of pyridine rings is 2. The molecule has 29 heavy (non-hydrogen) atoms. The third-order valence-electron chi connectivity index (χ3n) is 4.61. The maximum Gasteiger partial charge on any atom is 0.252 e. The predicted molar refractivity (Wildman–Crippen MR) is 111 cm³/mol. The Morgan fingerprint density at radius 2 is 1.72 bits per heavy atom. The molecule has 0 saturated carbocycles. The number of nitrogens with zero attached hydrogens (tertiary/aromatic N) is 4. The molecule has 3 aromatic heterocycles. The largest absolute Gasteiger partial charge is 0.352 e. The zero-order valence-electron chi connectivity index (χ0n) is 15.9. The smallest absolute Gasteiger partial charge is 0.252 e. The fourth-order valence-corrected chi connectivity index (χ4v) is 3.08. The van der Waals surface area contributed by atoms with Gasteiger partial charge in [-0.25, -0.2) is 4.98 Å². The molecule has 4 aromatic rings. The van der Waals surface area contributed by atoms with Crippen LogP contribution in [0.15, 0.2) is 85.6 Å². The summed E-state index contributed by atoms with van der Waals surface area (Å²) in [6.07, 6.45) is 7.68. The van der Waals surface area contributed by atoms with Gasteiger partial charge in [0.15, 0.2) is 0 Å². The van der Waals surface area contributed by atoms with Gasteiger partial charge in [0.2, 0.25) is 0 Å². The van der Waals surface area contributed by atoms with Crippen LogP contribution in [0.25, 0.3) is 11.4 Å². The van der Waals surface area contributed by atoms with Crippen molar-refractivity contribution in [2.45, 2.75) is 13.0 Å². The van der Waals surface area contributed by atoms with Crippen LogP contribution in [0.2, 0.25) is 0 Å². The molecule has 0 aliphatic rings. The lowest BCUT2D eigenvalue weighted by Gasteiger charge is -2.09. The predicted octanol–water partition coefficient (Wildman–Crippen LogP) is 3.36. The van der Waals surface area contributed by atoms with Gasteiger partial charge in [0, 0.05) is 43.8 Å². The SMILES string of the molecule is O=C(NCCc1cncn1Cc1ccccc1)c1ccc(-c2ccccn2)nc1. The van der Waals surface area contributed by atoms with Crippen molar-refractivity contribution in [1.29, 1.82) is 0 Å². The summed E-state index contributed by atoms with van der Waals surface area (Å²) in [6, 6.07) is 19.5. The standard InChI is InChI=1S/C23H21N5O/c29-23(19-9-10-22(27-14-19)21-8-4-5-12-25-21)26-13-11-20-15-24-17-28(20)16-18-6-2-1-3-7-18/h1-10,12,14-15,17H,11,13,16H2,(H,26,29). The highest BCUT2D eigenvalue weighted by molar-refractivity contribution is 5.94. The summed E-state index contributed by atoms with van der Waals surface area (Å²) in [7, 11) is 0. The van der Waals surface area contributed by atoms with Crippen LogP contribution in [-0.2, 0) is 13.0 Å². The second-order valence-corrected chi connectivity index (χ2v) is 6.65. The lowest BCUT2D eigenvalue weighted by molar-refractivity contribution is 0.0953. The Bertz CT molecular complexity index is 1060. The Morgan fingerprint density at radius 1 is 0.897 bits per heavy atom. The molecule has 1 amide bonds. The highest BCUT2D eigenvalue weighted by atomic mass is 16.1. The van der Waals surface area contributed by atoms with E-state index in [1.54, 1.807) is 18.5 Å². The molecule has 0 aliphatic carbocycles. The molecule has 0 unspecified atom stereocenters. The number of carbonyl (C=O) groups is 1. The van der Waals surface area contributed by atoms with Gasteiger partial charge < -0.3 is 9.88 Å². The number of rotatable bonds is 7. The van der Waals surface area contributed by atoms with Crippen molar-refractivity contribution in [2.24, 2.45) is 0 Å². The van der Waals surface area contributed by atoms with Crippen LogP contribution in [0.5, 0.6) is 0 Å². The van der Waals surface area contributed by atoms with E-state index in [-0.39, 0.29) is 5.91 Å². The van der Waals surface area contributed by atoms with E-state index in [9.17, 15) is 4.79 Å². The Kier molecular flexibility index (Phi) is 5.71. The summed E-state index contributed by atoms with van der Waals surface area (Å²) in [4.78, 5) is 25.3. The van der Waals surface area contributed by atoms with Gasteiger partial charge in [0.25, 0.3) is 5.91 Å². The zero-order valence-corrected chi connectivity index (χ0v) is 15.9. The molecule has 1 N–H and O–H groups in total. The number of nitrogens with one attached hydrogen (secondary N) is 1. The molecule has 0 radical (unpaired) electrons. The molecule has 0 fully saturated rings. The maximum atomic E-state index is 12.4. The molecule has 144 valence electrons. The van der Waals surface area contributed by atoms with E-state index < -0.39 is 0 Å². The third-order valence-corrected chi connectivity index (χ3v) is 4.61. The lowest BCUT2D eigenvalue weighted by Crippen LogP contribution is -2.26. The van der Waals surface area contributed by atoms with Crippen LogP contribution in [0.3, 0.4) is 0 Å². The van der Waals surface area contributed by atoms with Crippen molar-refractivity contribution in [3.63, 3.8) is 0 Å². The number of imidazole rings is 1. The fourth-order valence-electron chi connectivity index (χ4n) is 3.08. The number of hydrogen-bond donors (Lipinski definition) is 1. The third kappa shape index (κ3) is 4.73. The summed E-state index contributed by atoms with van der Waals surface area (Å²) >= 11 is 0. The molecule has 0 spiro atoms. The van der Waals surface area contributed by atoms with Crippen molar-refractivity contribution < 1.29 is 4.79 Å². The van der Waals surface area contributed by atoms with E-state index >= 15 is 0 Å². The minimum atomic E-state index is -0.140. The van der Waals surface area contributed by atoms with E-state index in [1.807, 2.05) is 55.0 Å². The quantitative estimate of drug-likeness (QED) is 0.531. The average Bonchev–Trinajstić information content (AvgIpc) is 3.22. The minimum absolute atomic E-state index is 0.140. The molecule has 6 heteroatoms. The van der Waals surface area contributed by atoms with Crippen LogP contribution >= 0.6 is 0 Å². The van der Waals surface area contributed by atoms with Gasteiger partial charge in [-0.2, -0.15) is 0 Å². The lowest BCUT2D eigenvalue weighted by atomic mass is 10.2. The van der Waals surface area contributed by atoms with E-state index in [4.69, 9.17) is 0 Å². The van der Waals surface area contributed by atoms with Gasteiger partial charge in [-0.1, -0.05) is 36.4 Å².